The van der Waals surface area contributed by atoms with E-state index in [4.69, 9.17) is 0 Å². The highest BCUT2D eigenvalue weighted by Gasteiger charge is 1.94. The second kappa shape index (κ2) is 3.53. The third-order valence-electron chi connectivity index (χ3n) is 0.559. The summed E-state index contributed by atoms with van der Waals surface area (Å²) in [7, 11) is 4.68. The Kier molecular flexibility index (Phi) is 3.32. The molecule has 8 heavy (non-hydrogen) atoms. The molecule has 0 saturated heterocycles. The van der Waals surface area contributed by atoms with Crippen LogP contribution in [-0.4, -0.2) is 20.3 Å². The van der Waals surface area contributed by atoms with Crippen LogP contribution in [0.25, 0.3) is 0 Å². The van der Waals surface area contributed by atoms with E-state index in [-0.39, 0.29) is 0 Å². The molecule has 0 aliphatic heterocycles. The fourth-order valence-electron chi connectivity index (χ4n) is 0.249. The Bertz CT molecular complexity index is 80.5. The number of hydrogen-bond donors (Lipinski definition) is 0. The molecule has 0 spiro atoms. The van der Waals surface area contributed by atoms with Crippen molar-refractivity contribution < 1.29 is 9.53 Å². The van der Waals surface area contributed by atoms with E-state index >= 15 is 0 Å². The second-order valence-electron chi connectivity index (χ2n) is 2.02. The van der Waals surface area contributed by atoms with E-state index in [0.717, 1.165) is 0 Å². The molecule has 44 valence electrons. The summed E-state index contributed by atoms with van der Waals surface area (Å²) in [6, 6.07) is 0. The molecule has 0 N–H and O–H groups in total. The summed E-state index contributed by atoms with van der Waals surface area (Å²) in [5, 5.41) is 0. The number of hydrogen-bond acceptors (Lipinski definition) is 2. The van der Waals surface area contributed by atoms with Crippen LogP contribution in [0, 0.1) is 5.92 Å². The molecule has 0 fully saturated rings. The van der Waals surface area contributed by atoms with Crippen molar-refractivity contribution >= 4 is 13.7 Å². The highest BCUT2D eigenvalue weighted by Crippen LogP contribution is 1.91. The Morgan fingerprint density at radius 3 is 2.38 bits per heavy atom. The van der Waals surface area contributed by atoms with Crippen LogP contribution in [0.4, 0.5) is 4.79 Å². The van der Waals surface area contributed by atoms with Crippen molar-refractivity contribution in [2.24, 2.45) is 5.92 Å². The topological polar surface area (TPSA) is 26.3 Å². The first-order valence-corrected chi connectivity index (χ1v) is 2.55. The first kappa shape index (κ1) is 7.53. The highest BCUT2D eigenvalue weighted by molar-refractivity contribution is 6.55. The molecule has 2 radical (unpaired) electrons. The van der Waals surface area contributed by atoms with Crippen molar-refractivity contribution in [2.75, 3.05) is 6.61 Å². The molecule has 0 amide bonds. The lowest BCUT2D eigenvalue weighted by atomic mass is 10.2. The van der Waals surface area contributed by atoms with Crippen molar-refractivity contribution in [3.8, 4) is 0 Å². The summed E-state index contributed by atoms with van der Waals surface area (Å²) < 4.78 is 4.44. The van der Waals surface area contributed by atoms with Crippen LogP contribution in [0.1, 0.15) is 13.8 Å². The van der Waals surface area contributed by atoms with E-state index in [1.165, 1.54) is 0 Å². The minimum Gasteiger partial charge on any atom is -0.474 e. The molecule has 2 nitrogen and oxygen atoms in total. The van der Waals surface area contributed by atoms with Crippen LogP contribution in [0.5, 0.6) is 0 Å². The van der Waals surface area contributed by atoms with Gasteiger partial charge in [0.2, 0.25) is 13.7 Å². The third-order valence-corrected chi connectivity index (χ3v) is 0.559. The molecule has 0 aliphatic carbocycles. The first-order valence-electron chi connectivity index (χ1n) is 2.55. The summed E-state index contributed by atoms with van der Waals surface area (Å²) in [6.45, 7) is 4.31. The Morgan fingerprint density at radius 2 is 2.25 bits per heavy atom. The fraction of sp³-hybridized carbons (Fsp3) is 0.800. The molecular formula is C5H9BO2. The highest BCUT2D eigenvalue weighted by atomic mass is 16.5. The van der Waals surface area contributed by atoms with Gasteiger partial charge in [0.05, 0.1) is 6.61 Å². The molecule has 0 aliphatic rings. The number of rotatable bonds is 2. The smallest absolute Gasteiger partial charge is 0.235 e. The summed E-state index contributed by atoms with van der Waals surface area (Å²) in [5.74, 6) is -0.332. The lowest BCUT2D eigenvalue weighted by molar-refractivity contribution is 0.159. The maximum atomic E-state index is 9.90. The summed E-state index contributed by atoms with van der Waals surface area (Å²) in [4.78, 5) is 9.90. The Hall–Kier alpha value is -0.465. The molecule has 0 bridgehead atoms. The minimum absolute atomic E-state index is 0.363. The summed E-state index contributed by atoms with van der Waals surface area (Å²) in [5.41, 5.74) is 0. The van der Waals surface area contributed by atoms with Crippen molar-refractivity contribution in [2.45, 2.75) is 13.8 Å². The molecular weight excluding hydrogens is 103 g/mol. The molecule has 0 saturated carbocycles. The van der Waals surface area contributed by atoms with E-state index in [1.807, 2.05) is 13.8 Å². The van der Waals surface area contributed by atoms with Gasteiger partial charge >= 0.3 is 0 Å². The zero-order valence-electron chi connectivity index (χ0n) is 5.18. The van der Waals surface area contributed by atoms with E-state index in [2.05, 4.69) is 12.6 Å². The maximum absolute atomic E-state index is 9.90. The molecule has 0 aromatic rings. The van der Waals surface area contributed by atoms with Gasteiger partial charge in [-0.05, 0) is 5.92 Å². The first-order chi connectivity index (χ1) is 3.63. The van der Waals surface area contributed by atoms with Gasteiger partial charge in [0.1, 0.15) is 0 Å². The number of ether oxygens (including phenoxy) is 1. The quantitative estimate of drug-likeness (QED) is 0.497. The average Bonchev–Trinajstić information content (AvgIpc) is 1.61. The van der Waals surface area contributed by atoms with E-state index in [0.29, 0.717) is 12.5 Å². The monoisotopic (exact) mass is 112 g/mol. The largest absolute Gasteiger partial charge is 0.474 e. The van der Waals surface area contributed by atoms with Gasteiger partial charge < -0.3 is 4.74 Å². The van der Waals surface area contributed by atoms with Crippen LogP contribution in [0.15, 0.2) is 0 Å². The molecule has 0 heterocycles. The van der Waals surface area contributed by atoms with E-state index < -0.39 is 5.87 Å². The van der Waals surface area contributed by atoms with E-state index in [1.54, 1.807) is 0 Å². The van der Waals surface area contributed by atoms with Gasteiger partial charge in [-0.2, -0.15) is 0 Å². The standard InChI is InChI=1S/C5H9BO2/c1-4(2)3-8-5(6)7/h4H,3H2,1-2H3. The Balaban J connectivity index is 3.05. The number of carbonyl (C=O) groups excluding carboxylic acids is 1. The molecule has 0 aromatic heterocycles. The minimum atomic E-state index is -0.696. The second-order valence-corrected chi connectivity index (χ2v) is 2.02. The van der Waals surface area contributed by atoms with Crippen LogP contribution in [-0.2, 0) is 4.74 Å². The van der Waals surface area contributed by atoms with Gasteiger partial charge in [-0.1, -0.05) is 13.8 Å². The molecule has 0 aromatic carbocycles. The molecule has 0 unspecified atom stereocenters. The summed E-state index contributed by atoms with van der Waals surface area (Å²) >= 11 is 0. The predicted octanol–water partition coefficient (Wildman–Crippen LogP) is 0.948. The molecule has 3 heteroatoms. The van der Waals surface area contributed by atoms with Crippen LogP contribution >= 0.6 is 0 Å². The van der Waals surface area contributed by atoms with Crippen molar-refractivity contribution in [3.63, 3.8) is 0 Å². The van der Waals surface area contributed by atoms with Gasteiger partial charge in [0, 0.05) is 0 Å². The van der Waals surface area contributed by atoms with Crippen LogP contribution < -0.4 is 0 Å². The number of carbonyl (C=O) groups is 1. The fourth-order valence-corrected chi connectivity index (χ4v) is 0.249. The van der Waals surface area contributed by atoms with Gasteiger partial charge in [-0.3, -0.25) is 4.79 Å². The lowest BCUT2D eigenvalue weighted by Crippen LogP contribution is -2.07. The Morgan fingerprint density at radius 1 is 1.75 bits per heavy atom. The van der Waals surface area contributed by atoms with Crippen LogP contribution in [0.2, 0.25) is 0 Å². The molecule has 0 atom stereocenters. The van der Waals surface area contributed by atoms with Gasteiger partial charge in [-0.15, -0.1) is 0 Å². The SMILES string of the molecule is [B]C(=O)OCC(C)C. The van der Waals surface area contributed by atoms with Crippen molar-refractivity contribution in [3.05, 3.63) is 0 Å². The zero-order valence-corrected chi connectivity index (χ0v) is 5.18. The van der Waals surface area contributed by atoms with Crippen molar-refractivity contribution in [1.29, 1.82) is 0 Å². The summed E-state index contributed by atoms with van der Waals surface area (Å²) in [6.07, 6.45) is 0. The van der Waals surface area contributed by atoms with Crippen LogP contribution in [0.3, 0.4) is 0 Å². The zero-order chi connectivity index (χ0) is 6.57. The molecule has 0 rings (SSSR count). The lowest BCUT2D eigenvalue weighted by Gasteiger charge is -2.02. The van der Waals surface area contributed by atoms with E-state index in [9.17, 15) is 4.79 Å². The Labute approximate surface area is 50.6 Å². The van der Waals surface area contributed by atoms with Gasteiger partial charge in [0.15, 0.2) is 0 Å². The van der Waals surface area contributed by atoms with Crippen molar-refractivity contribution in [1.82, 2.24) is 0 Å². The van der Waals surface area contributed by atoms with Gasteiger partial charge in [0.25, 0.3) is 0 Å². The third kappa shape index (κ3) is 5.53. The normalized spacial score (nSPS) is 9.38. The maximum Gasteiger partial charge on any atom is 0.235 e. The van der Waals surface area contributed by atoms with Gasteiger partial charge in [-0.25, -0.2) is 0 Å². The average molecular weight is 112 g/mol. The predicted molar refractivity (Wildman–Crippen MR) is 31.9 cm³/mol.